The summed E-state index contributed by atoms with van der Waals surface area (Å²) < 4.78 is 27.8. The molecule has 0 bridgehead atoms. The van der Waals surface area contributed by atoms with E-state index >= 15 is 0 Å². The second kappa shape index (κ2) is 8.64. The largest absolute Gasteiger partial charge is 0.365 e. The number of likely N-dealkylation sites (N-methyl/N-ethyl adjacent to an activating group) is 1. The Morgan fingerprint density at radius 2 is 2.04 bits per heavy atom. The van der Waals surface area contributed by atoms with Gasteiger partial charge in [0.25, 0.3) is 0 Å². The molecule has 1 fully saturated rings. The minimum Gasteiger partial charge on any atom is -0.365 e. The maximum atomic E-state index is 13.9. The van der Waals surface area contributed by atoms with Gasteiger partial charge in [0.1, 0.15) is 23.9 Å². The van der Waals surface area contributed by atoms with Gasteiger partial charge in [-0.25, -0.2) is 13.8 Å². The van der Waals surface area contributed by atoms with Crippen LogP contribution in [0, 0.1) is 11.6 Å². The first-order chi connectivity index (χ1) is 11.9. The predicted molar refractivity (Wildman–Crippen MR) is 94.8 cm³/mol. The van der Waals surface area contributed by atoms with Crippen LogP contribution in [0.4, 0.5) is 14.5 Å². The van der Waals surface area contributed by atoms with Crippen molar-refractivity contribution in [2.45, 2.75) is 19.4 Å². The fourth-order valence-corrected chi connectivity index (χ4v) is 2.67. The molecule has 1 aromatic rings. The molecule has 1 heterocycles. The van der Waals surface area contributed by atoms with Crippen LogP contribution in [0.3, 0.4) is 0 Å². The average molecular weight is 353 g/mol. The molecule has 25 heavy (non-hydrogen) atoms. The highest BCUT2D eigenvalue weighted by Crippen LogP contribution is 2.26. The normalized spacial score (nSPS) is 17.6. The number of nitrogens with zero attached hydrogens (tertiary/aromatic N) is 3. The zero-order valence-electron chi connectivity index (χ0n) is 14.9. The van der Waals surface area contributed by atoms with Gasteiger partial charge in [0.15, 0.2) is 5.96 Å². The van der Waals surface area contributed by atoms with Gasteiger partial charge in [-0.3, -0.25) is 4.79 Å². The number of guanidine groups is 1. The van der Waals surface area contributed by atoms with Gasteiger partial charge in [0.05, 0.1) is 0 Å². The van der Waals surface area contributed by atoms with Crippen molar-refractivity contribution in [3.63, 3.8) is 0 Å². The molecule has 0 aromatic heterocycles. The molecule has 0 aliphatic carbocycles. The first-order valence-electron chi connectivity index (χ1n) is 8.36. The number of nitrogens with one attached hydrogen (secondary N) is 2. The number of rotatable bonds is 5. The van der Waals surface area contributed by atoms with Crippen molar-refractivity contribution in [1.82, 2.24) is 15.5 Å². The van der Waals surface area contributed by atoms with E-state index in [0.717, 1.165) is 6.42 Å². The third kappa shape index (κ3) is 5.04. The summed E-state index contributed by atoms with van der Waals surface area (Å²) in [4.78, 5) is 19.1. The van der Waals surface area contributed by atoms with E-state index in [4.69, 9.17) is 0 Å². The highest BCUT2D eigenvalue weighted by Gasteiger charge is 2.27. The number of carbonyl (C=O) groups is 1. The maximum absolute atomic E-state index is 13.9. The third-order valence-electron chi connectivity index (χ3n) is 4.00. The quantitative estimate of drug-likeness (QED) is 0.617. The molecule has 0 saturated carbocycles. The molecule has 1 unspecified atom stereocenters. The van der Waals surface area contributed by atoms with Crippen molar-refractivity contribution < 1.29 is 13.6 Å². The molecule has 8 heteroatoms. The number of hydrogen-bond donors (Lipinski definition) is 2. The minimum atomic E-state index is -0.558. The molecule has 1 aliphatic rings. The zero-order chi connectivity index (χ0) is 18.4. The van der Waals surface area contributed by atoms with Crippen molar-refractivity contribution in [1.29, 1.82) is 0 Å². The number of hydrogen-bond acceptors (Lipinski definition) is 3. The van der Waals surface area contributed by atoms with E-state index in [-0.39, 0.29) is 24.2 Å². The fraction of sp³-hybridized carbons (Fsp3) is 0.529. The summed E-state index contributed by atoms with van der Waals surface area (Å²) >= 11 is 0. The molecule has 1 aromatic carbocycles. The molecule has 6 nitrogen and oxygen atoms in total. The van der Waals surface area contributed by atoms with Crippen molar-refractivity contribution in [2.24, 2.45) is 4.99 Å². The predicted octanol–water partition coefficient (Wildman–Crippen LogP) is 1.19. The number of amides is 1. The van der Waals surface area contributed by atoms with Crippen LogP contribution in [0.25, 0.3) is 0 Å². The number of benzene rings is 1. The summed E-state index contributed by atoms with van der Waals surface area (Å²) in [6, 6.07) is 3.87. The molecular weight excluding hydrogens is 328 g/mol. The van der Waals surface area contributed by atoms with Gasteiger partial charge in [0.2, 0.25) is 5.91 Å². The molecule has 2 N–H and O–H groups in total. The van der Waals surface area contributed by atoms with Gasteiger partial charge >= 0.3 is 0 Å². The fourth-order valence-electron chi connectivity index (χ4n) is 2.67. The van der Waals surface area contributed by atoms with E-state index in [1.165, 1.54) is 23.1 Å². The molecule has 2 rings (SSSR count). The first kappa shape index (κ1) is 19.0. The van der Waals surface area contributed by atoms with E-state index in [1.807, 2.05) is 6.92 Å². The van der Waals surface area contributed by atoms with E-state index in [9.17, 15) is 13.6 Å². The Morgan fingerprint density at radius 3 is 2.64 bits per heavy atom. The van der Waals surface area contributed by atoms with E-state index in [1.54, 1.807) is 19.0 Å². The SMILES string of the molecule is CCNC(=NCC(=O)N(C)C)NC1CCN(c2c(F)cccc2F)C1. The zero-order valence-corrected chi connectivity index (χ0v) is 14.9. The van der Waals surface area contributed by atoms with Crippen LogP contribution < -0.4 is 15.5 Å². The van der Waals surface area contributed by atoms with Crippen molar-refractivity contribution in [3.05, 3.63) is 29.8 Å². The third-order valence-corrected chi connectivity index (χ3v) is 4.00. The Kier molecular flexibility index (Phi) is 6.55. The van der Waals surface area contributed by atoms with Gasteiger partial charge in [-0.05, 0) is 25.5 Å². The monoisotopic (exact) mass is 353 g/mol. The smallest absolute Gasteiger partial charge is 0.243 e. The van der Waals surface area contributed by atoms with Gasteiger partial charge in [-0.15, -0.1) is 0 Å². The van der Waals surface area contributed by atoms with Gasteiger partial charge in [-0.2, -0.15) is 0 Å². The standard InChI is InChI=1S/C17H25F2N5O/c1-4-20-17(21-10-15(25)23(2)3)22-12-8-9-24(11-12)16-13(18)6-5-7-14(16)19/h5-7,12H,4,8-11H2,1-3H3,(H2,20,21,22). The lowest BCUT2D eigenvalue weighted by Crippen LogP contribution is -2.45. The molecule has 0 radical (unpaired) electrons. The number of aliphatic imine (C=N–C) groups is 1. The topological polar surface area (TPSA) is 60.0 Å². The van der Waals surface area contributed by atoms with Crippen molar-refractivity contribution >= 4 is 17.6 Å². The lowest BCUT2D eigenvalue weighted by Gasteiger charge is -2.21. The molecule has 1 aliphatic heterocycles. The summed E-state index contributed by atoms with van der Waals surface area (Å²) in [5.41, 5.74) is 0.0107. The highest BCUT2D eigenvalue weighted by atomic mass is 19.1. The lowest BCUT2D eigenvalue weighted by molar-refractivity contribution is -0.127. The van der Waals surface area contributed by atoms with Crippen LogP contribution in [0.15, 0.2) is 23.2 Å². The van der Waals surface area contributed by atoms with Crippen LogP contribution in [0.1, 0.15) is 13.3 Å². The lowest BCUT2D eigenvalue weighted by atomic mass is 10.2. The maximum Gasteiger partial charge on any atom is 0.243 e. The Hall–Kier alpha value is -2.38. The molecule has 1 atom stereocenters. The first-order valence-corrected chi connectivity index (χ1v) is 8.36. The van der Waals surface area contributed by atoms with Gasteiger partial charge in [0, 0.05) is 39.8 Å². The second-order valence-corrected chi connectivity index (χ2v) is 6.13. The van der Waals surface area contributed by atoms with Crippen LogP contribution in [-0.2, 0) is 4.79 Å². The van der Waals surface area contributed by atoms with E-state index in [0.29, 0.717) is 25.6 Å². The van der Waals surface area contributed by atoms with Gasteiger partial charge in [-0.1, -0.05) is 6.07 Å². The Labute approximate surface area is 146 Å². The van der Waals surface area contributed by atoms with Crippen LogP contribution in [0.2, 0.25) is 0 Å². The Morgan fingerprint density at radius 1 is 1.36 bits per heavy atom. The highest BCUT2D eigenvalue weighted by molar-refractivity contribution is 5.85. The summed E-state index contributed by atoms with van der Waals surface area (Å²) in [7, 11) is 3.35. The van der Waals surface area contributed by atoms with Crippen LogP contribution in [0.5, 0.6) is 0 Å². The van der Waals surface area contributed by atoms with Crippen LogP contribution >= 0.6 is 0 Å². The van der Waals surface area contributed by atoms with Crippen molar-refractivity contribution in [3.8, 4) is 0 Å². The number of halogens is 2. The summed E-state index contributed by atoms with van der Waals surface area (Å²) in [5.74, 6) is -0.687. The Bertz CT molecular complexity index is 615. The van der Waals surface area contributed by atoms with Gasteiger partial charge < -0.3 is 20.4 Å². The molecular formula is C17H25F2N5O. The number of para-hydroxylation sites is 1. The minimum absolute atomic E-state index is 0.00809. The van der Waals surface area contributed by atoms with Crippen LogP contribution in [-0.4, -0.2) is 63.1 Å². The molecule has 138 valence electrons. The summed E-state index contributed by atoms with van der Waals surface area (Å²) in [6.45, 7) is 3.64. The summed E-state index contributed by atoms with van der Waals surface area (Å²) in [6.07, 6.45) is 0.722. The number of carbonyl (C=O) groups excluding carboxylic acids is 1. The second-order valence-electron chi connectivity index (χ2n) is 6.13. The summed E-state index contributed by atoms with van der Waals surface area (Å²) in [5, 5.41) is 6.31. The number of anilines is 1. The Balaban J connectivity index is 2.00. The van der Waals surface area contributed by atoms with Crippen molar-refractivity contribution in [2.75, 3.05) is 45.2 Å². The average Bonchev–Trinajstić information content (AvgIpc) is 3.00. The molecule has 0 spiro atoms. The molecule has 1 saturated heterocycles. The van der Waals surface area contributed by atoms with E-state index in [2.05, 4.69) is 15.6 Å². The molecule has 1 amide bonds. The van der Waals surface area contributed by atoms with E-state index < -0.39 is 11.6 Å².